The van der Waals surface area contributed by atoms with Crippen molar-refractivity contribution in [1.82, 2.24) is 14.7 Å². The van der Waals surface area contributed by atoms with Crippen LogP contribution in [0.1, 0.15) is 44.6 Å². The van der Waals surface area contributed by atoms with Gasteiger partial charge in [-0.2, -0.15) is 0 Å². The molecule has 2 aliphatic heterocycles. The Morgan fingerprint density at radius 1 is 1.11 bits per heavy atom. The first-order chi connectivity index (χ1) is 13.5. The lowest BCUT2D eigenvalue weighted by Gasteiger charge is -2.40. The van der Waals surface area contributed by atoms with Crippen LogP contribution >= 0.6 is 0 Å². The lowest BCUT2D eigenvalue weighted by molar-refractivity contribution is -0.138. The van der Waals surface area contributed by atoms with Crippen molar-refractivity contribution in [3.05, 3.63) is 35.6 Å². The first kappa shape index (κ1) is 20.8. The van der Waals surface area contributed by atoms with Gasteiger partial charge in [0.15, 0.2) is 0 Å². The molecule has 0 bridgehead atoms. The summed E-state index contributed by atoms with van der Waals surface area (Å²) in [7, 11) is 0. The number of carbonyl (C=O) groups is 2. The number of nitrogens with zero attached hydrogens (tertiary/aromatic N) is 3. The van der Waals surface area contributed by atoms with Gasteiger partial charge in [0.25, 0.3) is 0 Å². The van der Waals surface area contributed by atoms with E-state index in [0.29, 0.717) is 18.7 Å². The summed E-state index contributed by atoms with van der Waals surface area (Å²) < 4.78 is 13.9. The van der Waals surface area contributed by atoms with E-state index in [1.54, 1.807) is 30.0 Å². The fourth-order valence-electron chi connectivity index (χ4n) is 4.38. The van der Waals surface area contributed by atoms with Gasteiger partial charge in [0.1, 0.15) is 5.82 Å². The van der Waals surface area contributed by atoms with Crippen LogP contribution in [0.4, 0.5) is 4.39 Å². The van der Waals surface area contributed by atoms with Crippen molar-refractivity contribution in [3.63, 3.8) is 0 Å². The normalized spacial score (nSPS) is 20.8. The van der Waals surface area contributed by atoms with Gasteiger partial charge in [-0.05, 0) is 50.4 Å². The van der Waals surface area contributed by atoms with E-state index in [1.807, 2.05) is 4.90 Å². The molecule has 2 heterocycles. The minimum Gasteiger partial charge on any atom is -0.340 e. The summed E-state index contributed by atoms with van der Waals surface area (Å²) in [6, 6.07) is 6.49. The van der Waals surface area contributed by atoms with E-state index >= 15 is 0 Å². The summed E-state index contributed by atoms with van der Waals surface area (Å²) in [6.07, 6.45) is 5.65. The number of hydrogen-bond donors (Lipinski definition) is 0. The number of rotatable bonds is 6. The summed E-state index contributed by atoms with van der Waals surface area (Å²) in [6.45, 7) is 6.70. The summed E-state index contributed by atoms with van der Waals surface area (Å²) in [5, 5.41) is 0. The molecule has 0 aromatic heterocycles. The van der Waals surface area contributed by atoms with E-state index in [9.17, 15) is 14.0 Å². The highest BCUT2D eigenvalue weighted by Crippen LogP contribution is 2.19. The fourth-order valence-corrected chi connectivity index (χ4v) is 4.38. The number of hydrogen-bond acceptors (Lipinski definition) is 3. The minimum atomic E-state index is -0.337. The first-order valence-corrected chi connectivity index (χ1v) is 10.6. The quantitative estimate of drug-likeness (QED) is 0.751. The second kappa shape index (κ2) is 10.0. The molecule has 6 heteroatoms. The van der Waals surface area contributed by atoms with Gasteiger partial charge >= 0.3 is 0 Å². The van der Waals surface area contributed by atoms with Gasteiger partial charge in [-0.15, -0.1) is 0 Å². The van der Waals surface area contributed by atoms with Crippen molar-refractivity contribution in [2.24, 2.45) is 0 Å². The molecular weight excluding hydrogens is 357 g/mol. The minimum absolute atomic E-state index is 0.0561. The van der Waals surface area contributed by atoms with Crippen molar-refractivity contribution in [3.8, 4) is 0 Å². The van der Waals surface area contributed by atoms with E-state index in [2.05, 4.69) is 4.90 Å². The maximum atomic E-state index is 13.9. The number of benzene rings is 1. The summed E-state index contributed by atoms with van der Waals surface area (Å²) >= 11 is 0. The third kappa shape index (κ3) is 5.53. The van der Waals surface area contributed by atoms with Gasteiger partial charge in [-0.3, -0.25) is 9.59 Å². The topological polar surface area (TPSA) is 43.9 Å². The van der Waals surface area contributed by atoms with Crippen LogP contribution in [0.25, 0.3) is 0 Å². The third-order valence-corrected chi connectivity index (χ3v) is 6.00. The third-order valence-electron chi connectivity index (χ3n) is 6.00. The molecule has 2 amide bonds. The van der Waals surface area contributed by atoms with Crippen LogP contribution in [-0.2, 0) is 16.0 Å². The van der Waals surface area contributed by atoms with E-state index in [1.165, 1.54) is 25.3 Å². The molecule has 2 saturated heterocycles. The highest BCUT2D eigenvalue weighted by atomic mass is 19.1. The molecule has 28 heavy (non-hydrogen) atoms. The van der Waals surface area contributed by atoms with E-state index < -0.39 is 0 Å². The van der Waals surface area contributed by atoms with Crippen molar-refractivity contribution >= 4 is 11.8 Å². The molecule has 0 radical (unpaired) electrons. The molecule has 0 saturated carbocycles. The molecule has 0 spiro atoms. The Morgan fingerprint density at radius 3 is 2.57 bits per heavy atom. The summed E-state index contributed by atoms with van der Waals surface area (Å²) in [5.74, 6) is -0.323. The molecule has 154 valence electrons. The smallest absolute Gasteiger partial charge is 0.227 e. The molecule has 1 unspecified atom stereocenters. The summed E-state index contributed by atoms with van der Waals surface area (Å²) in [5.41, 5.74) is 0.433. The second-order valence-electron chi connectivity index (χ2n) is 8.02. The monoisotopic (exact) mass is 389 g/mol. The Morgan fingerprint density at radius 2 is 1.86 bits per heavy atom. The maximum Gasteiger partial charge on any atom is 0.227 e. The highest BCUT2D eigenvalue weighted by Gasteiger charge is 2.29. The van der Waals surface area contributed by atoms with Crippen LogP contribution < -0.4 is 0 Å². The van der Waals surface area contributed by atoms with E-state index in [0.717, 1.165) is 39.0 Å². The van der Waals surface area contributed by atoms with Crippen molar-refractivity contribution in [1.29, 1.82) is 0 Å². The fraction of sp³-hybridized carbons (Fsp3) is 0.636. The average molecular weight is 390 g/mol. The Hall–Kier alpha value is -1.95. The number of likely N-dealkylation sites (tertiary alicyclic amines) is 2. The molecular formula is C22H32FN3O2. The average Bonchev–Trinajstić information content (AvgIpc) is 2.70. The van der Waals surface area contributed by atoms with Gasteiger partial charge < -0.3 is 14.7 Å². The second-order valence-corrected chi connectivity index (χ2v) is 8.02. The Labute approximate surface area is 167 Å². The molecule has 2 aliphatic rings. The molecule has 0 N–H and O–H groups in total. The van der Waals surface area contributed by atoms with Gasteiger partial charge in [-0.25, -0.2) is 4.39 Å². The van der Waals surface area contributed by atoms with Crippen LogP contribution in [0, 0.1) is 5.82 Å². The Kier molecular flexibility index (Phi) is 7.43. The lowest BCUT2D eigenvalue weighted by atomic mass is 10.0. The van der Waals surface area contributed by atoms with Crippen molar-refractivity contribution < 1.29 is 14.0 Å². The Balaban J connectivity index is 1.57. The standard InChI is InChI=1S/C22H32FN3O2/c1-18(27)26(15-14-24-11-5-2-6-12-24)20-9-7-13-25(17-20)22(28)16-19-8-3-4-10-21(19)23/h3-4,8,10,20H,2,5-7,9,11-17H2,1H3. The zero-order valence-electron chi connectivity index (χ0n) is 16.9. The number of piperidine rings is 2. The van der Waals surface area contributed by atoms with Crippen LogP contribution in [0.3, 0.4) is 0 Å². The lowest BCUT2D eigenvalue weighted by Crippen LogP contribution is -2.53. The van der Waals surface area contributed by atoms with Crippen molar-refractivity contribution in [2.45, 2.75) is 51.5 Å². The molecule has 1 aromatic carbocycles. The zero-order valence-corrected chi connectivity index (χ0v) is 16.9. The number of halogens is 1. The largest absolute Gasteiger partial charge is 0.340 e. The molecule has 1 aromatic rings. The van der Waals surface area contributed by atoms with Gasteiger partial charge in [-0.1, -0.05) is 24.6 Å². The van der Waals surface area contributed by atoms with Gasteiger partial charge in [0.05, 0.1) is 6.42 Å². The predicted molar refractivity (Wildman–Crippen MR) is 107 cm³/mol. The van der Waals surface area contributed by atoms with E-state index in [4.69, 9.17) is 0 Å². The molecule has 0 aliphatic carbocycles. The van der Waals surface area contributed by atoms with E-state index in [-0.39, 0.29) is 30.1 Å². The predicted octanol–water partition coefficient (Wildman–Crippen LogP) is 2.69. The van der Waals surface area contributed by atoms with Crippen LogP contribution in [0.2, 0.25) is 0 Å². The van der Waals surface area contributed by atoms with Crippen molar-refractivity contribution in [2.75, 3.05) is 39.3 Å². The SMILES string of the molecule is CC(=O)N(CCN1CCCCC1)C1CCCN(C(=O)Cc2ccccc2F)C1. The van der Waals surface area contributed by atoms with Crippen LogP contribution in [0.5, 0.6) is 0 Å². The Bertz CT molecular complexity index is 676. The maximum absolute atomic E-state index is 13.9. The number of carbonyl (C=O) groups excluding carboxylic acids is 2. The first-order valence-electron chi connectivity index (χ1n) is 10.6. The van der Waals surface area contributed by atoms with Gasteiger partial charge in [0, 0.05) is 39.1 Å². The molecule has 2 fully saturated rings. The zero-order chi connectivity index (χ0) is 19.9. The number of amides is 2. The van der Waals surface area contributed by atoms with Crippen LogP contribution in [0.15, 0.2) is 24.3 Å². The molecule has 1 atom stereocenters. The van der Waals surface area contributed by atoms with Gasteiger partial charge in [0.2, 0.25) is 11.8 Å². The highest BCUT2D eigenvalue weighted by molar-refractivity contribution is 5.79. The molecule has 3 rings (SSSR count). The van der Waals surface area contributed by atoms with Crippen LogP contribution in [-0.4, -0.2) is 71.8 Å². The molecule has 5 nitrogen and oxygen atoms in total. The summed E-state index contributed by atoms with van der Waals surface area (Å²) in [4.78, 5) is 31.2.